The smallest absolute Gasteiger partial charge is 0.137 e. The quantitative estimate of drug-likeness (QED) is 0.546. The van der Waals surface area contributed by atoms with Crippen LogP contribution in [0, 0.1) is 0 Å². The molecule has 0 aliphatic rings. The van der Waals surface area contributed by atoms with Gasteiger partial charge in [0.15, 0.2) is 0 Å². The second-order valence-electron chi connectivity index (χ2n) is 4.70. The highest BCUT2D eigenvalue weighted by molar-refractivity contribution is 6.27. The van der Waals surface area contributed by atoms with Crippen LogP contribution in [0.15, 0.2) is 30.3 Å². The normalized spacial score (nSPS) is 13.0. The van der Waals surface area contributed by atoms with Crippen LogP contribution in [0.3, 0.4) is 0 Å². The first-order chi connectivity index (χ1) is 10.0. The number of hydrogen-bond acceptors (Lipinski definition) is 4. The van der Waals surface area contributed by atoms with Crippen molar-refractivity contribution in [3.05, 3.63) is 35.9 Å². The van der Waals surface area contributed by atoms with E-state index in [0.717, 1.165) is 19.3 Å². The van der Waals surface area contributed by atoms with Crippen molar-refractivity contribution in [3.8, 4) is 0 Å². The Morgan fingerprint density at radius 1 is 1.24 bits per heavy atom. The number of benzene rings is 1. The van der Waals surface area contributed by atoms with Gasteiger partial charge in [-0.1, -0.05) is 30.3 Å². The second kappa shape index (κ2) is 12.5. The fraction of sp³-hybridized carbons (Fsp3) is 0.500. The zero-order valence-electron chi connectivity index (χ0n) is 12.9. The summed E-state index contributed by atoms with van der Waals surface area (Å²) < 4.78 is 4.99. The van der Waals surface area contributed by atoms with E-state index in [-0.39, 0.29) is 11.4 Å². The highest BCUT2D eigenvalue weighted by Crippen LogP contribution is 2.07. The summed E-state index contributed by atoms with van der Waals surface area (Å²) in [6.45, 7) is 3.02. The average molecular weight is 314 g/mol. The van der Waals surface area contributed by atoms with Gasteiger partial charge in [0, 0.05) is 20.3 Å². The fourth-order valence-corrected chi connectivity index (χ4v) is 1.62. The molecule has 0 aromatic heterocycles. The lowest BCUT2D eigenvalue weighted by Crippen LogP contribution is -2.33. The third-order valence-corrected chi connectivity index (χ3v) is 2.91. The molecule has 0 radical (unpaired) electrons. The number of likely N-dealkylation sites (N-methyl/N-ethyl adjacent to an activating group) is 1. The van der Waals surface area contributed by atoms with E-state index in [2.05, 4.69) is 12.1 Å². The maximum absolute atomic E-state index is 10.9. The van der Waals surface area contributed by atoms with Gasteiger partial charge in [-0.05, 0) is 26.0 Å². The van der Waals surface area contributed by atoms with Crippen LogP contribution in [0.1, 0.15) is 18.9 Å². The van der Waals surface area contributed by atoms with Crippen LogP contribution in [0.2, 0.25) is 0 Å². The summed E-state index contributed by atoms with van der Waals surface area (Å²) >= 11 is 5.09. The van der Waals surface area contributed by atoms with Gasteiger partial charge in [-0.2, -0.15) is 0 Å². The van der Waals surface area contributed by atoms with Crippen molar-refractivity contribution in [1.82, 2.24) is 4.90 Å². The Bertz CT molecular complexity index is 384. The van der Waals surface area contributed by atoms with Crippen LogP contribution in [-0.4, -0.2) is 49.7 Å². The molecule has 21 heavy (non-hydrogen) atoms. The SMILES string of the molecule is CC(Cl)C=O.COCCC(C=O)N(C)Cc1ccccc1. The topological polar surface area (TPSA) is 46.6 Å². The second-order valence-corrected chi connectivity index (χ2v) is 5.39. The summed E-state index contributed by atoms with van der Waals surface area (Å²) in [6.07, 6.45) is 2.41. The van der Waals surface area contributed by atoms with Gasteiger partial charge in [-0.3, -0.25) is 4.90 Å². The number of rotatable bonds is 8. The molecule has 5 heteroatoms. The lowest BCUT2D eigenvalue weighted by atomic mass is 10.1. The van der Waals surface area contributed by atoms with Crippen molar-refractivity contribution in [2.24, 2.45) is 0 Å². The first-order valence-corrected chi connectivity index (χ1v) is 7.26. The summed E-state index contributed by atoms with van der Waals surface area (Å²) in [4.78, 5) is 22.4. The molecule has 1 aromatic rings. The maximum Gasteiger partial charge on any atom is 0.137 e. The number of ether oxygens (including phenoxy) is 1. The number of alkyl halides is 1. The van der Waals surface area contributed by atoms with Gasteiger partial charge in [0.2, 0.25) is 0 Å². The van der Waals surface area contributed by atoms with Crippen LogP contribution >= 0.6 is 11.6 Å². The molecule has 1 aromatic carbocycles. The standard InChI is InChI=1S/C13H19NO2.C3H5ClO/c1-14(13(11-15)8-9-16-2)10-12-6-4-3-5-7-12;1-3(4)2-5/h3-7,11,13H,8-10H2,1-2H3;2-3H,1H3. The Labute approximate surface area is 132 Å². The van der Waals surface area contributed by atoms with E-state index in [1.807, 2.05) is 30.1 Å². The molecule has 1 rings (SSSR count). The Morgan fingerprint density at radius 2 is 1.81 bits per heavy atom. The molecule has 0 aliphatic carbocycles. The Morgan fingerprint density at radius 3 is 2.24 bits per heavy atom. The van der Waals surface area contributed by atoms with Crippen molar-refractivity contribution >= 4 is 24.2 Å². The van der Waals surface area contributed by atoms with E-state index in [4.69, 9.17) is 16.3 Å². The van der Waals surface area contributed by atoms with Crippen LogP contribution in [0.4, 0.5) is 0 Å². The molecule has 0 fully saturated rings. The average Bonchev–Trinajstić information content (AvgIpc) is 2.49. The van der Waals surface area contributed by atoms with E-state index in [1.54, 1.807) is 14.0 Å². The van der Waals surface area contributed by atoms with E-state index < -0.39 is 0 Å². The molecule has 0 N–H and O–H groups in total. The fourth-order valence-electron chi connectivity index (χ4n) is 1.62. The van der Waals surface area contributed by atoms with Crippen molar-refractivity contribution < 1.29 is 14.3 Å². The van der Waals surface area contributed by atoms with Crippen LogP contribution in [0.5, 0.6) is 0 Å². The van der Waals surface area contributed by atoms with Gasteiger partial charge in [-0.15, -0.1) is 11.6 Å². The number of aldehydes is 2. The summed E-state index contributed by atoms with van der Waals surface area (Å²) in [5.41, 5.74) is 1.22. The number of hydrogen-bond donors (Lipinski definition) is 0. The Hall–Kier alpha value is -1.23. The minimum Gasteiger partial charge on any atom is -0.385 e. The van der Waals surface area contributed by atoms with Gasteiger partial charge in [-0.25, -0.2) is 0 Å². The molecule has 118 valence electrons. The molecule has 0 spiro atoms. The molecule has 2 unspecified atom stereocenters. The summed E-state index contributed by atoms with van der Waals surface area (Å²) in [5.74, 6) is 0. The summed E-state index contributed by atoms with van der Waals surface area (Å²) in [6, 6.07) is 10.1. The monoisotopic (exact) mass is 313 g/mol. The molecule has 0 aliphatic heterocycles. The lowest BCUT2D eigenvalue weighted by molar-refractivity contribution is -0.112. The predicted molar refractivity (Wildman–Crippen MR) is 85.6 cm³/mol. The molecular formula is C16H24ClNO3. The molecule has 0 saturated carbocycles. The number of halogens is 1. The molecule has 0 saturated heterocycles. The Kier molecular flexibility index (Phi) is 11.8. The molecule has 0 heterocycles. The first-order valence-electron chi connectivity index (χ1n) is 6.82. The van der Waals surface area contributed by atoms with E-state index in [1.165, 1.54) is 5.56 Å². The minimum absolute atomic E-state index is 0.0693. The number of nitrogens with zero attached hydrogens (tertiary/aromatic N) is 1. The number of carbonyl (C=O) groups excluding carboxylic acids is 2. The van der Waals surface area contributed by atoms with Gasteiger partial charge in [0.1, 0.15) is 12.6 Å². The molecular weight excluding hydrogens is 290 g/mol. The van der Waals surface area contributed by atoms with Gasteiger partial charge >= 0.3 is 0 Å². The van der Waals surface area contributed by atoms with Crippen molar-refractivity contribution in [3.63, 3.8) is 0 Å². The van der Waals surface area contributed by atoms with E-state index >= 15 is 0 Å². The first kappa shape index (κ1) is 19.8. The molecule has 2 atom stereocenters. The zero-order chi connectivity index (χ0) is 16.1. The van der Waals surface area contributed by atoms with Gasteiger partial charge < -0.3 is 14.3 Å². The predicted octanol–water partition coefficient (Wildman–Crippen LogP) is 2.54. The van der Waals surface area contributed by atoms with Crippen molar-refractivity contribution in [2.45, 2.75) is 31.3 Å². The zero-order valence-corrected chi connectivity index (χ0v) is 13.6. The summed E-state index contributed by atoms with van der Waals surface area (Å²) in [5, 5.41) is -0.324. The lowest BCUT2D eigenvalue weighted by Gasteiger charge is -2.23. The van der Waals surface area contributed by atoms with Crippen LogP contribution in [-0.2, 0) is 20.9 Å². The molecule has 0 bridgehead atoms. The number of methoxy groups -OCH3 is 1. The largest absolute Gasteiger partial charge is 0.385 e. The van der Waals surface area contributed by atoms with Crippen LogP contribution in [0.25, 0.3) is 0 Å². The van der Waals surface area contributed by atoms with Crippen molar-refractivity contribution in [1.29, 1.82) is 0 Å². The highest BCUT2D eigenvalue weighted by atomic mass is 35.5. The van der Waals surface area contributed by atoms with Crippen molar-refractivity contribution in [2.75, 3.05) is 20.8 Å². The molecule has 4 nitrogen and oxygen atoms in total. The highest BCUT2D eigenvalue weighted by Gasteiger charge is 2.13. The van der Waals surface area contributed by atoms with Gasteiger partial charge in [0.25, 0.3) is 0 Å². The van der Waals surface area contributed by atoms with Crippen LogP contribution < -0.4 is 0 Å². The number of carbonyl (C=O) groups is 2. The Balaban J connectivity index is 0.000000690. The van der Waals surface area contributed by atoms with E-state index in [9.17, 15) is 9.59 Å². The van der Waals surface area contributed by atoms with E-state index in [0.29, 0.717) is 12.9 Å². The summed E-state index contributed by atoms with van der Waals surface area (Å²) in [7, 11) is 3.61. The minimum atomic E-state index is -0.324. The van der Waals surface area contributed by atoms with Gasteiger partial charge in [0.05, 0.1) is 11.4 Å². The third kappa shape index (κ3) is 10.2. The molecule has 0 amide bonds. The third-order valence-electron chi connectivity index (χ3n) is 2.80. The maximum atomic E-state index is 10.9.